The van der Waals surface area contributed by atoms with Gasteiger partial charge in [0.1, 0.15) is 0 Å². The Morgan fingerprint density at radius 3 is 1.33 bits per heavy atom. The molecule has 0 spiro atoms. The lowest BCUT2D eigenvalue weighted by Crippen LogP contribution is -2.10. The zero-order valence-electron chi connectivity index (χ0n) is 24.2. The summed E-state index contributed by atoms with van der Waals surface area (Å²) in [5, 5.41) is 0. The van der Waals surface area contributed by atoms with Crippen LogP contribution < -0.4 is 0 Å². The van der Waals surface area contributed by atoms with Crippen molar-refractivity contribution in [2.24, 2.45) is 0 Å². The van der Waals surface area contributed by atoms with Gasteiger partial charge in [-0.3, -0.25) is 0 Å². The zero-order valence-corrected chi connectivity index (χ0v) is 25.8. The van der Waals surface area contributed by atoms with Crippen LogP contribution in [0.3, 0.4) is 0 Å². The lowest BCUT2D eigenvalue weighted by atomic mass is 9.78. The average molecular weight is 641 g/mol. The van der Waals surface area contributed by atoms with E-state index < -0.39 is 0 Å². The number of hydrogen-bond acceptors (Lipinski definition) is 3. The van der Waals surface area contributed by atoms with Crippen LogP contribution in [0.25, 0.3) is 56.4 Å². The number of nitrogens with zero attached hydrogens (tertiary/aromatic N) is 3. The lowest BCUT2D eigenvalue weighted by molar-refractivity contribution is 0.723. The molecule has 0 saturated heterocycles. The molecule has 45 heavy (non-hydrogen) atoms. The van der Waals surface area contributed by atoms with Gasteiger partial charge in [-0.15, -0.1) is 0 Å². The summed E-state index contributed by atoms with van der Waals surface area (Å²) >= 11 is 3.78. The smallest absolute Gasteiger partial charge is 0.164 e. The lowest BCUT2D eigenvalue weighted by Gasteiger charge is -2.24. The standard InChI is InChI=1S/C41H26BrN3/c42-28-20-22-32-30-16-8-10-18-34(30)38(36(32)24-28)37-33-17-9-7-15-29(33)31-21-19-27(23-35(31)37)41-44-39(25-11-3-1-4-12-25)43-40(45-41)26-13-5-2-6-14-26/h1-24,37-38H. The molecule has 9 rings (SSSR count). The van der Waals surface area contributed by atoms with Crippen LogP contribution in [0.2, 0.25) is 0 Å². The van der Waals surface area contributed by atoms with Crippen LogP contribution >= 0.6 is 15.9 Å². The van der Waals surface area contributed by atoms with Crippen LogP contribution in [0, 0.1) is 0 Å². The van der Waals surface area contributed by atoms with Gasteiger partial charge in [-0.1, -0.05) is 143 Å². The molecule has 4 heteroatoms. The van der Waals surface area contributed by atoms with Crippen molar-refractivity contribution in [3.05, 3.63) is 172 Å². The van der Waals surface area contributed by atoms with E-state index >= 15 is 0 Å². The van der Waals surface area contributed by atoms with E-state index in [4.69, 9.17) is 15.0 Å². The Bertz CT molecular complexity index is 2190. The van der Waals surface area contributed by atoms with Crippen LogP contribution in [0.5, 0.6) is 0 Å². The van der Waals surface area contributed by atoms with Crippen molar-refractivity contribution >= 4 is 15.9 Å². The maximum Gasteiger partial charge on any atom is 0.164 e. The number of benzene rings is 6. The molecule has 7 aromatic rings. The van der Waals surface area contributed by atoms with Gasteiger partial charge >= 0.3 is 0 Å². The Kier molecular flexibility index (Phi) is 6.10. The molecule has 0 amide bonds. The molecule has 212 valence electrons. The van der Waals surface area contributed by atoms with Crippen LogP contribution in [0.15, 0.2) is 150 Å². The van der Waals surface area contributed by atoms with Crippen LogP contribution in [-0.4, -0.2) is 15.0 Å². The minimum Gasteiger partial charge on any atom is -0.208 e. The Morgan fingerprint density at radius 2 is 0.778 bits per heavy atom. The summed E-state index contributed by atoms with van der Waals surface area (Å²) in [4.78, 5) is 15.0. The van der Waals surface area contributed by atoms with E-state index in [0.717, 1.165) is 21.2 Å². The number of halogens is 1. The van der Waals surface area contributed by atoms with Gasteiger partial charge in [-0.2, -0.15) is 0 Å². The maximum atomic E-state index is 5.05. The van der Waals surface area contributed by atoms with E-state index in [1.54, 1.807) is 0 Å². The fraction of sp³-hybridized carbons (Fsp3) is 0.0488. The first-order chi connectivity index (χ1) is 22.2. The van der Waals surface area contributed by atoms with Crippen molar-refractivity contribution < 1.29 is 0 Å². The van der Waals surface area contributed by atoms with Gasteiger partial charge in [0.2, 0.25) is 0 Å². The van der Waals surface area contributed by atoms with Crippen molar-refractivity contribution in [1.82, 2.24) is 15.0 Å². The second kappa shape index (κ2) is 10.5. The number of aromatic nitrogens is 3. The van der Waals surface area contributed by atoms with Gasteiger partial charge < -0.3 is 0 Å². The molecule has 1 heterocycles. The number of rotatable bonds is 4. The summed E-state index contributed by atoms with van der Waals surface area (Å²) in [6.07, 6.45) is 0. The first kappa shape index (κ1) is 26.2. The molecule has 0 radical (unpaired) electrons. The number of hydrogen-bond donors (Lipinski definition) is 0. The average Bonchev–Trinajstić information content (AvgIpc) is 3.60. The van der Waals surface area contributed by atoms with E-state index in [1.165, 1.54) is 44.5 Å². The van der Waals surface area contributed by atoms with Gasteiger partial charge in [0.25, 0.3) is 0 Å². The third-order valence-electron chi connectivity index (χ3n) is 9.20. The summed E-state index contributed by atoms with van der Waals surface area (Å²) in [5.41, 5.74) is 13.6. The minimum absolute atomic E-state index is 0.150. The Hall–Kier alpha value is -5.19. The summed E-state index contributed by atoms with van der Waals surface area (Å²) in [6.45, 7) is 0. The Balaban J connectivity index is 1.25. The fourth-order valence-corrected chi connectivity index (χ4v) is 7.64. The van der Waals surface area contributed by atoms with Crippen molar-refractivity contribution in [3.8, 4) is 56.4 Å². The predicted octanol–water partition coefficient (Wildman–Crippen LogP) is 10.6. The normalized spacial score (nSPS) is 15.7. The third kappa shape index (κ3) is 4.28. The zero-order chi connectivity index (χ0) is 29.9. The molecular weight excluding hydrogens is 614 g/mol. The van der Waals surface area contributed by atoms with E-state index in [1.807, 2.05) is 36.4 Å². The molecule has 3 nitrogen and oxygen atoms in total. The molecule has 6 aromatic carbocycles. The second-order valence-corrected chi connectivity index (χ2v) is 12.6. The third-order valence-corrected chi connectivity index (χ3v) is 9.69. The Morgan fingerprint density at radius 1 is 0.356 bits per heavy atom. The van der Waals surface area contributed by atoms with Crippen molar-refractivity contribution in [1.29, 1.82) is 0 Å². The maximum absolute atomic E-state index is 5.05. The predicted molar refractivity (Wildman–Crippen MR) is 185 cm³/mol. The molecule has 0 N–H and O–H groups in total. The van der Waals surface area contributed by atoms with Crippen molar-refractivity contribution in [3.63, 3.8) is 0 Å². The molecule has 2 aliphatic carbocycles. The highest BCUT2D eigenvalue weighted by molar-refractivity contribution is 9.10. The van der Waals surface area contributed by atoms with Gasteiger partial charge in [0.15, 0.2) is 17.5 Å². The van der Waals surface area contributed by atoms with E-state index in [9.17, 15) is 0 Å². The van der Waals surface area contributed by atoms with Gasteiger partial charge in [-0.25, -0.2) is 15.0 Å². The fourth-order valence-electron chi connectivity index (χ4n) is 7.26. The largest absolute Gasteiger partial charge is 0.208 e. The molecule has 0 bridgehead atoms. The molecule has 0 aliphatic heterocycles. The molecule has 2 atom stereocenters. The minimum atomic E-state index is 0.150. The topological polar surface area (TPSA) is 38.7 Å². The van der Waals surface area contributed by atoms with Gasteiger partial charge in [0, 0.05) is 33.0 Å². The summed E-state index contributed by atoms with van der Waals surface area (Å²) in [5.74, 6) is 2.35. The Labute approximate surface area is 270 Å². The first-order valence-corrected chi connectivity index (χ1v) is 16.0. The highest BCUT2D eigenvalue weighted by Gasteiger charge is 2.41. The van der Waals surface area contributed by atoms with E-state index in [0.29, 0.717) is 17.5 Å². The van der Waals surface area contributed by atoms with E-state index in [-0.39, 0.29) is 11.8 Å². The monoisotopic (exact) mass is 639 g/mol. The summed E-state index contributed by atoms with van der Waals surface area (Å²) < 4.78 is 1.10. The SMILES string of the molecule is Brc1ccc2c(c1)C(C1c3ccccc3-c3ccc(-c4nc(-c5ccccc5)nc(-c5ccccc5)n4)cc31)c1ccccc1-2. The molecule has 2 unspecified atom stereocenters. The molecule has 2 aliphatic rings. The van der Waals surface area contributed by atoms with Crippen LogP contribution in [0.4, 0.5) is 0 Å². The van der Waals surface area contributed by atoms with Gasteiger partial charge in [-0.05, 0) is 62.7 Å². The molecular formula is C41H26BrN3. The van der Waals surface area contributed by atoms with Gasteiger partial charge in [0.05, 0.1) is 0 Å². The molecule has 0 saturated carbocycles. The molecule has 1 aromatic heterocycles. The van der Waals surface area contributed by atoms with Crippen molar-refractivity contribution in [2.75, 3.05) is 0 Å². The van der Waals surface area contributed by atoms with Crippen LogP contribution in [0.1, 0.15) is 34.1 Å². The summed E-state index contributed by atoms with van der Waals surface area (Å²) in [7, 11) is 0. The number of fused-ring (bicyclic) bond motifs is 6. The van der Waals surface area contributed by atoms with E-state index in [2.05, 4.69) is 125 Å². The second-order valence-electron chi connectivity index (χ2n) is 11.7. The highest BCUT2D eigenvalue weighted by atomic mass is 79.9. The van der Waals surface area contributed by atoms with Crippen molar-refractivity contribution in [2.45, 2.75) is 11.8 Å². The molecule has 0 fully saturated rings. The summed E-state index contributed by atoms with van der Waals surface area (Å²) in [6, 6.07) is 51.6. The first-order valence-electron chi connectivity index (χ1n) is 15.2. The quantitative estimate of drug-likeness (QED) is 0.192. The highest BCUT2D eigenvalue weighted by Crippen LogP contribution is 2.58. The van der Waals surface area contributed by atoms with Crippen LogP contribution in [-0.2, 0) is 0 Å².